The number of aromatic amines is 1. The van der Waals surface area contributed by atoms with Gasteiger partial charge in [-0.15, -0.1) is 0 Å². The van der Waals surface area contributed by atoms with E-state index in [0.717, 1.165) is 27.7 Å². The third kappa shape index (κ3) is 3.01. The van der Waals surface area contributed by atoms with E-state index in [4.69, 9.17) is 4.74 Å². The van der Waals surface area contributed by atoms with Gasteiger partial charge in [-0.3, -0.25) is 9.59 Å². The molecule has 0 aliphatic rings. The number of aromatic nitrogens is 4. The Balaban J connectivity index is 1.79. The molecule has 4 rings (SSSR count). The zero-order valence-corrected chi connectivity index (χ0v) is 15.0. The second-order valence-corrected chi connectivity index (χ2v) is 6.32. The fourth-order valence-corrected chi connectivity index (χ4v) is 3.14. The van der Waals surface area contributed by atoms with Gasteiger partial charge in [0.2, 0.25) is 5.56 Å². The lowest BCUT2D eigenvalue weighted by atomic mass is 10.1. The maximum atomic E-state index is 11.7. The molecule has 3 aromatic heterocycles. The third-order valence-electron chi connectivity index (χ3n) is 4.35. The minimum Gasteiger partial charge on any atom is -0.425 e. The van der Waals surface area contributed by atoms with E-state index >= 15 is 0 Å². The minimum absolute atomic E-state index is 0.143. The summed E-state index contributed by atoms with van der Waals surface area (Å²) in [5.74, 6) is 0.602. The van der Waals surface area contributed by atoms with E-state index < -0.39 is 5.97 Å². The number of aryl methyl sites for hydroxylation is 2. The van der Waals surface area contributed by atoms with Crippen molar-refractivity contribution in [3.63, 3.8) is 0 Å². The van der Waals surface area contributed by atoms with E-state index in [1.807, 2.05) is 32.0 Å². The SMILES string of the molecule is CC(=O)Oc1cn2ncnc(Nc3ccc4c(C)cc(=O)[nH]c4c3)c2c1C. The van der Waals surface area contributed by atoms with Crippen LogP contribution in [0.4, 0.5) is 11.5 Å². The van der Waals surface area contributed by atoms with Crippen LogP contribution in [0.3, 0.4) is 0 Å². The number of rotatable bonds is 3. The van der Waals surface area contributed by atoms with E-state index in [0.29, 0.717) is 17.1 Å². The molecule has 8 nitrogen and oxygen atoms in total. The molecule has 8 heteroatoms. The monoisotopic (exact) mass is 363 g/mol. The molecule has 136 valence electrons. The molecule has 0 amide bonds. The number of ether oxygens (including phenoxy) is 1. The number of hydrogen-bond acceptors (Lipinski definition) is 6. The van der Waals surface area contributed by atoms with Gasteiger partial charge < -0.3 is 15.0 Å². The smallest absolute Gasteiger partial charge is 0.308 e. The summed E-state index contributed by atoms with van der Waals surface area (Å²) in [7, 11) is 0. The van der Waals surface area contributed by atoms with Gasteiger partial charge in [-0.1, -0.05) is 6.07 Å². The molecule has 3 heterocycles. The van der Waals surface area contributed by atoms with Crippen LogP contribution >= 0.6 is 0 Å². The highest BCUT2D eigenvalue weighted by Crippen LogP contribution is 2.30. The van der Waals surface area contributed by atoms with Crippen LogP contribution in [0.5, 0.6) is 5.75 Å². The van der Waals surface area contributed by atoms with Crippen molar-refractivity contribution in [2.45, 2.75) is 20.8 Å². The Bertz CT molecular complexity index is 1260. The lowest BCUT2D eigenvalue weighted by molar-refractivity contribution is -0.131. The Morgan fingerprint density at radius 2 is 2.07 bits per heavy atom. The lowest BCUT2D eigenvalue weighted by Crippen LogP contribution is -2.05. The second kappa shape index (κ2) is 6.24. The number of nitrogens with zero attached hydrogens (tertiary/aromatic N) is 3. The highest BCUT2D eigenvalue weighted by molar-refractivity contribution is 5.87. The molecule has 0 aliphatic carbocycles. The van der Waals surface area contributed by atoms with Crippen molar-refractivity contribution in [1.82, 2.24) is 19.6 Å². The molecule has 0 bridgehead atoms. The maximum absolute atomic E-state index is 11.7. The summed E-state index contributed by atoms with van der Waals surface area (Å²) in [5, 5.41) is 8.40. The summed E-state index contributed by atoms with van der Waals surface area (Å²) >= 11 is 0. The summed E-state index contributed by atoms with van der Waals surface area (Å²) in [6, 6.07) is 7.28. The number of H-pyrrole nitrogens is 1. The van der Waals surface area contributed by atoms with Gasteiger partial charge in [0.25, 0.3) is 0 Å². The third-order valence-corrected chi connectivity index (χ3v) is 4.35. The summed E-state index contributed by atoms with van der Waals surface area (Å²) in [4.78, 5) is 30.2. The largest absolute Gasteiger partial charge is 0.425 e. The van der Waals surface area contributed by atoms with E-state index in [2.05, 4.69) is 20.4 Å². The van der Waals surface area contributed by atoms with Crippen molar-refractivity contribution < 1.29 is 9.53 Å². The Morgan fingerprint density at radius 3 is 2.85 bits per heavy atom. The molecule has 2 N–H and O–H groups in total. The molecule has 27 heavy (non-hydrogen) atoms. The highest BCUT2D eigenvalue weighted by Gasteiger charge is 2.15. The van der Waals surface area contributed by atoms with Crippen LogP contribution in [0.2, 0.25) is 0 Å². The fraction of sp³-hybridized carbons (Fsp3) is 0.158. The van der Waals surface area contributed by atoms with Crippen molar-refractivity contribution >= 4 is 33.9 Å². The first kappa shape index (κ1) is 16.8. The molecule has 0 spiro atoms. The number of carbonyl (C=O) groups excluding carboxylic acids is 1. The van der Waals surface area contributed by atoms with Gasteiger partial charge in [-0.05, 0) is 31.5 Å². The van der Waals surface area contributed by atoms with Gasteiger partial charge in [-0.2, -0.15) is 5.10 Å². The molecule has 0 unspecified atom stereocenters. The van der Waals surface area contributed by atoms with E-state index in [-0.39, 0.29) is 5.56 Å². The second-order valence-electron chi connectivity index (χ2n) is 6.32. The van der Waals surface area contributed by atoms with Crippen molar-refractivity contribution in [2.24, 2.45) is 0 Å². The van der Waals surface area contributed by atoms with Crippen molar-refractivity contribution in [3.05, 3.63) is 58.3 Å². The maximum Gasteiger partial charge on any atom is 0.308 e. The number of nitrogens with one attached hydrogen (secondary N) is 2. The predicted octanol–water partition coefficient (Wildman–Crippen LogP) is 2.86. The van der Waals surface area contributed by atoms with Gasteiger partial charge in [0.05, 0.1) is 11.7 Å². The number of anilines is 2. The zero-order valence-electron chi connectivity index (χ0n) is 15.0. The highest BCUT2D eigenvalue weighted by atomic mass is 16.5. The van der Waals surface area contributed by atoms with Gasteiger partial charge in [0.15, 0.2) is 11.6 Å². The summed E-state index contributed by atoms with van der Waals surface area (Å²) in [6.07, 6.45) is 3.06. The fourth-order valence-electron chi connectivity index (χ4n) is 3.14. The molecule has 0 aliphatic heterocycles. The molecule has 0 saturated carbocycles. The Kier molecular flexibility index (Phi) is 3.88. The summed E-state index contributed by atoms with van der Waals surface area (Å²) in [5.41, 5.74) is 3.72. The molecule has 4 aromatic rings. The Morgan fingerprint density at radius 1 is 1.26 bits per heavy atom. The van der Waals surface area contributed by atoms with E-state index in [1.54, 1.807) is 16.8 Å². The summed E-state index contributed by atoms with van der Waals surface area (Å²) < 4.78 is 6.83. The molecule has 0 radical (unpaired) electrons. The van der Waals surface area contributed by atoms with Gasteiger partial charge in [0.1, 0.15) is 11.8 Å². The number of pyridine rings is 1. The van der Waals surface area contributed by atoms with E-state index in [9.17, 15) is 9.59 Å². The standard InChI is InChI=1S/C19H17N5O3/c1-10-6-17(26)23-15-7-13(4-5-14(10)15)22-19-18-11(2)16(27-12(3)25)8-24(18)21-9-20-19/h4-9H,1-3H3,(H,23,26)(H,20,21,22). The van der Waals surface area contributed by atoms with Gasteiger partial charge in [0, 0.05) is 29.6 Å². The first-order valence-corrected chi connectivity index (χ1v) is 8.34. The Labute approximate surface area is 153 Å². The Hall–Kier alpha value is -3.68. The molecule has 0 saturated heterocycles. The molecule has 1 aromatic carbocycles. The van der Waals surface area contributed by atoms with Crippen LogP contribution in [0.25, 0.3) is 16.4 Å². The average Bonchev–Trinajstić information content (AvgIpc) is 2.90. The van der Waals surface area contributed by atoms with Gasteiger partial charge in [-0.25, -0.2) is 9.50 Å². The lowest BCUT2D eigenvalue weighted by Gasteiger charge is -2.09. The normalized spacial score (nSPS) is 11.1. The molecular formula is C19H17N5O3. The quantitative estimate of drug-likeness (QED) is 0.543. The van der Waals surface area contributed by atoms with E-state index in [1.165, 1.54) is 13.3 Å². The minimum atomic E-state index is -0.398. The van der Waals surface area contributed by atoms with Crippen LogP contribution in [0.15, 0.2) is 41.6 Å². The van der Waals surface area contributed by atoms with Crippen LogP contribution < -0.4 is 15.6 Å². The number of esters is 1. The van der Waals surface area contributed by atoms with Crippen molar-refractivity contribution in [2.75, 3.05) is 5.32 Å². The first-order valence-electron chi connectivity index (χ1n) is 8.34. The molecular weight excluding hydrogens is 346 g/mol. The zero-order chi connectivity index (χ0) is 19.1. The topological polar surface area (TPSA) is 101 Å². The van der Waals surface area contributed by atoms with Crippen LogP contribution in [0, 0.1) is 13.8 Å². The number of fused-ring (bicyclic) bond motifs is 2. The van der Waals surface area contributed by atoms with Crippen molar-refractivity contribution in [1.29, 1.82) is 0 Å². The number of benzene rings is 1. The molecule has 0 atom stereocenters. The predicted molar refractivity (Wildman–Crippen MR) is 102 cm³/mol. The summed E-state index contributed by atoms with van der Waals surface area (Å²) in [6.45, 7) is 5.09. The number of hydrogen-bond donors (Lipinski definition) is 2. The van der Waals surface area contributed by atoms with Crippen LogP contribution in [0.1, 0.15) is 18.1 Å². The average molecular weight is 363 g/mol. The van der Waals surface area contributed by atoms with Crippen LogP contribution in [-0.2, 0) is 4.79 Å². The van der Waals surface area contributed by atoms with Crippen LogP contribution in [-0.4, -0.2) is 25.6 Å². The number of carbonyl (C=O) groups is 1. The van der Waals surface area contributed by atoms with Crippen molar-refractivity contribution in [3.8, 4) is 5.75 Å². The molecule has 0 fully saturated rings. The first-order chi connectivity index (χ1) is 12.9. The van der Waals surface area contributed by atoms with Gasteiger partial charge >= 0.3 is 5.97 Å².